The van der Waals surface area contributed by atoms with Gasteiger partial charge >= 0.3 is 6.18 Å². The van der Waals surface area contributed by atoms with E-state index in [1.165, 1.54) is 41.7 Å². The van der Waals surface area contributed by atoms with E-state index in [-0.39, 0.29) is 15.6 Å². The van der Waals surface area contributed by atoms with Crippen LogP contribution in [0.4, 0.5) is 18.9 Å². The van der Waals surface area contributed by atoms with Gasteiger partial charge in [-0.3, -0.25) is 4.72 Å². The largest absolute Gasteiger partial charge is 0.484 e. The summed E-state index contributed by atoms with van der Waals surface area (Å²) in [6.07, 6.45) is -3.68. The van der Waals surface area contributed by atoms with Gasteiger partial charge in [0.05, 0.1) is 0 Å². The Morgan fingerprint density at radius 1 is 1.13 bits per heavy atom. The number of hydrogen-bond acceptors (Lipinski definition) is 4. The Balaban J connectivity index is 2.05. The number of alkyl halides is 3. The number of aryl methyl sites for hydroxylation is 1. The fourth-order valence-corrected chi connectivity index (χ4v) is 4.04. The molecule has 0 unspecified atom stereocenters. The maximum absolute atomic E-state index is 12.2. The highest BCUT2D eigenvalue weighted by Crippen LogP contribution is 2.25. The second kappa shape index (κ2) is 6.79. The molecule has 1 heterocycles. The van der Waals surface area contributed by atoms with E-state index in [1.54, 1.807) is 6.07 Å². The molecule has 4 nitrogen and oxygen atoms in total. The molecular formula is C14H14F3NO3S2. The Morgan fingerprint density at radius 3 is 2.30 bits per heavy atom. The highest BCUT2D eigenvalue weighted by atomic mass is 32.2. The SMILES string of the molecule is CCc1ccc(S(=O)(=O)Nc2ccc(OCC(F)(F)F)cc2)s1. The highest BCUT2D eigenvalue weighted by Gasteiger charge is 2.28. The fourth-order valence-electron chi connectivity index (χ4n) is 1.68. The topological polar surface area (TPSA) is 55.4 Å². The third-order valence-corrected chi connectivity index (χ3v) is 5.86. The molecule has 0 atom stereocenters. The third-order valence-electron chi connectivity index (χ3n) is 2.76. The van der Waals surface area contributed by atoms with E-state index in [2.05, 4.69) is 9.46 Å². The van der Waals surface area contributed by atoms with Gasteiger partial charge in [-0.1, -0.05) is 6.92 Å². The zero-order valence-corrected chi connectivity index (χ0v) is 13.7. The van der Waals surface area contributed by atoms with E-state index in [0.717, 1.165) is 11.3 Å². The Hall–Kier alpha value is -1.74. The fraction of sp³-hybridized carbons (Fsp3) is 0.286. The van der Waals surface area contributed by atoms with E-state index < -0.39 is 22.8 Å². The second-order valence-electron chi connectivity index (χ2n) is 4.61. The van der Waals surface area contributed by atoms with E-state index in [9.17, 15) is 21.6 Å². The van der Waals surface area contributed by atoms with Crippen molar-refractivity contribution in [2.24, 2.45) is 0 Å². The number of anilines is 1. The highest BCUT2D eigenvalue weighted by molar-refractivity contribution is 7.94. The van der Waals surface area contributed by atoms with E-state index in [4.69, 9.17) is 0 Å². The van der Waals surface area contributed by atoms with Gasteiger partial charge in [0.25, 0.3) is 10.0 Å². The van der Waals surface area contributed by atoms with Crippen molar-refractivity contribution in [3.63, 3.8) is 0 Å². The van der Waals surface area contributed by atoms with Crippen LogP contribution in [0.1, 0.15) is 11.8 Å². The molecule has 0 aliphatic carbocycles. The van der Waals surface area contributed by atoms with Crippen LogP contribution >= 0.6 is 11.3 Å². The molecule has 0 aliphatic heterocycles. The zero-order chi connectivity index (χ0) is 17.1. The van der Waals surface area contributed by atoms with Gasteiger partial charge in [0.2, 0.25) is 0 Å². The first-order chi connectivity index (χ1) is 10.7. The van der Waals surface area contributed by atoms with Crippen molar-refractivity contribution in [1.82, 2.24) is 0 Å². The molecule has 23 heavy (non-hydrogen) atoms. The van der Waals surface area contributed by atoms with Gasteiger partial charge in [0.1, 0.15) is 9.96 Å². The molecule has 2 aromatic rings. The smallest absolute Gasteiger partial charge is 0.422 e. The number of halogens is 3. The molecular weight excluding hydrogens is 351 g/mol. The number of ether oxygens (including phenoxy) is 1. The minimum Gasteiger partial charge on any atom is -0.484 e. The normalized spacial score (nSPS) is 12.2. The minimum atomic E-state index is -4.42. The number of hydrogen-bond donors (Lipinski definition) is 1. The van der Waals surface area contributed by atoms with Gasteiger partial charge in [-0.2, -0.15) is 13.2 Å². The molecule has 0 fully saturated rings. The van der Waals surface area contributed by atoms with Crippen LogP contribution in [-0.2, 0) is 16.4 Å². The summed E-state index contributed by atoms with van der Waals surface area (Å²) in [6, 6.07) is 8.50. The Labute approximate surface area is 136 Å². The molecule has 1 aromatic heterocycles. The lowest BCUT2D eigenvalue weighted by molar-refractivity contribution is -0.153. The molecule has 0 radical (unpaired) electrons. The van der Waals surface area contributed by atoms with Crippen molar-refractivity contribution >= 4 is 27.0 Å². The zero-order valence-electron chi connectivity index (χ0n) is 12.1. The average molecular weight is 365 g/mol. The molecule has 2 rings (SSSR count). The summed E-state index contributed by atoms with van der Waals surface area (Å²) in [5, 5.41) is 0. The summed E-state index contributed by atoms with van der Waals surface area (Å²) >= 11 is 1.17. The molecule has 0 amide bonds. The summed E-state index contributed by atoms with van der Waals surface area (Å²) in [5.41, 5.74) is 0.246. The average Bonchev–Trinajstić information content (AvgIpc) is 2.95. The van der Waals surface area contributed by atoms with Gasteiger partial charge in [0, 0.05) is 10.6 Å². The van der Waals surface area contributed by atoms with E-state index >= 15 is 0 Å². The van der Waals surface area contributed by atoms with Gasteiger partial charge in [-0.15, -0.1) is 11.3 Å². The van der Waals surface area contributed by atoms with Crippen LogP contribution in [0, 0.1) is 0 Å². The predicted octanol–water partition coefficient (Wildman–Crippen LogP) is 4.05. The quantitative estimate of drug-likeness (QED) is 0.840. The second-order valence-corrected chi connectivity index (χ2v) is 7.69. The maximum Gasteiger partial charge on any atom is 0.422 e. The number of sulfonamides is 1. The van der Waals surface area contributed by atoms with Crippen LogP contribution < -0.4 is 9.46 Å². The summed E-state index contributed by atoms with van der Waals surface area (Å²) in [6.45, 7) is 0.530. The lowest BCUT2D eigenvalue weighted by Gasteiger charge is -2.10. The Kier molecular flexibility index (Phi) is 5.20. The predicted molar refractivity (Wildman–Crippen MR) is 82.5 cm³/mol. The molecule has 0 aliphatic rings. The van der Waals surface area contributed by atoms with Crippen LogP contribution in [0.25, 0.3) is 0 Å². The Morgan fingerprint density at radius 2 is 1.78 bits per heavy atom. The lowest BCUT2D eigenvalue weighted by atomic mass is 10.3. The van der Waals surface area contributed by atoms with Crippen molar-refractivity contribution < 1.29 is 26.3 Å². The number of nitrogens with one attached hydrogen (secondary N) is 1. The number of benzene rings is 1. The molecule has 1 N–H and O–H groups in total. The van der Waals surface area contributed by atoms with E-state index in [1.807, 2.05) is 6.92 Å². The molecule has 126 valence electrons. The molecule has 0 spiro atoms. The molecule has 0 saturated heterocycles. The summed E-state index contributed by atoms with van der Waals surface area (Å²) < 4.78 is 67.6. The summed E-state index contributed by atoms with van der Waals surface area (Å²) in [7, 11) is -3.70. The first-order valence-electron chi connectivity index (χ1n) is 6.61. The first kappa shape index (κ1) is 17.6. The van der Waals surface area contributed by atoms with Gasteiger partial charge in [0.15, 0.2) is 6.61 Å². The van der Waals surface area contributed by atoms with Crippen LogP contribution in [0.2, 0.25) is 0 Å². The van der Waals surface area contributed by atoms with Crippen molar-refractivity contribution in [1.29, 1.82) is 0 Å². The first-order valence-corrected chi connectivity index (χ1v) is 8.91. The monoisotopic (exact) mass is 365 g/mol. The molecule has 1 aromatic carbocycles. The summed E-state index contributed by atoms with van der Waals surface area (Å²) in [5.74, 6) is 0.00895. The van der Waals surface area contributed by atoms with Gasteiger partial charge < -0.3 is 4.74 Å². The Bertz CT molecular complexity index is 752. The molecule has 0 bridgehead atoms. The number of rotatable bonds is 6. The van der Waals surface area contributed by atoms with E-state index in [0.29, 0.717) is 0 Å². The lowest BCUT2D eigenvalue weighted by Crippen LogP contribution is -2.19. The third kappa shape index (κ3) is 5.14. The van der Waals surface area contributed by atoms with Crippen LogP contribution in [0.5, 0.6) is 5.75 Å². The molecule has 0 saturated carbocycles. The van der Waals surface area contributed by atoms with Gasteiger partial charge in [-0.25, -0.2) is 8.42 Å². The van der Waals surface area contributed by atoms with Crippen LogP contribution in [-0.4, -0.2) is 21.2 Å². The van der Waals surface area contributed by atoms with Crippen molar-refractivity contribution in [3.05, 3.63) is 41.3 Å². The van der Waals surface area contributed by atoms with Crippen molar-refractivity contribution in [2.45, 2.75) is 23.7 Å². The van der Waals surface area contributed by atoms with Crippen molar-refractivity contribution in [3.8, 4) is 5.75 Å². The van der Waals surface area contributed by atoms with Gasteiger partial charge in [-0.05, 0) is 42.8 Å². The van der Waals surface area contributed by atoms with Crippen LogP contribution in [0.15, 0.2) is 40.6 Å². The maximum atomic E-state index is 12.2. The van der Waals surface area contributed by atoms with Crippen LogP contribution in [0.3, 0.4) is 0 Å². The standard InChI is InChI=1S/C14H14F3NO3S2/c1-2-12-7-8-13(22-12)23(19,20)18-10-3-5-11(6-4-10)21-9-14(15,16)17/h3-8,18H,2,9H2,1H3. The number of thiophene rings is 1. The van der Waals surface area contributed by atoms with Crippen molar-refractivity contribution in [2.75, 3.05) is 11.3 Å². The minimum absolute atomic E-state index is 0.00895. The molecule has 9 heteroatoms. The summed E-state index contributed by atoms with van der Waals surface area (Å²) in [4.78, 5) is 0.946.